The third-order valence-corrected chi connectivity index (χ3v) is 4.65. The van der Waals surface area contributed by atoms with Crippen LogP contribution >= 0.6 is 0 Å². The van der Waals surface area contributed by atoms with Gasteiger partial charge in [0.15, 0.2) is 0 Å². The minimum atomic E-state index is -0.221. The molecule has 0 radical (unpaired) electrons. The summed E-state index contributed by atoms with van der Waals surface area (Å²) in [6.07, 6.45) is 2.81. The molecule has 2 aliphatic rings. The van der Waals surface area contributed by atoms with E-state index in [0.717, 1.165) is 31.4 Å². The molecule has 120 valence electrons. The van der Waals surface area contributed by atoms with Crippen LogP contribution in [0, 0.1) is 17.7 Å². The van der Waals surface area contributed by atoms with Crippen molar-refractivity contribution in [3.8, 4) is 0 Å². The largest absolute Gasteiger partial charge is 0.396 e. The summed E-state index contributed by atoms with van der Waals surface area (Å²) >= 11 is 0. The van der Waals surface area contributed by atoms with E-state index in [1.165, 1.54) is 6.07 Å². The summed E-state index contributed by atoms with van der Waals surface area (Å²) in [6, 6.07) is 6.62. The van der Waals surface area contributed by atoms with Gasteiger partial charge < -0.3 is 10.4 Å². The molecule has 1 heterocycles. The van der Waals surface area contributed by atoms with Crippen LogP contribution in [0.3, 0.4) is 0 Å². The van der Waals surface area contributed by atoms with E-state index in [9.17, 15) is 14.3 Å². The smallest absolute Gasteiger partial charge is 0.223 e. The number of likely N-dealkylation sites (tertiary alicyclic amines) is 1. The fraction of sp³-hybridized carbons (Fsp3) is 0.588. The summed E-state index contributed by atoms with van der Waals surface area (Å²) in [5.41, 5.74) is 0.940. The molecule has 0 spiro atoms. The van der Waals surface area contributed by atoms with Gasteiger partial charge in [-0.2, -0.15) is 0 Å². The Morgan fingerprint density at radius 1 is 1.36 bits per heavy atom. The van der Waals surface area contributed by atoms with Gasteiger partial charge in [-0.1, -0.05) is 12.1 Å². The molecule has 5 heteroatoms. The third kappa shape index (κ3) is 3.84. The molecule has 1 aromatic carbocycles. The number of nitrogens with zero attached hydrogens (tertiary/aromatic N) is 1. The Hall–Kier alpha value is -1.46. The van der Waals surface area contributed by atoms with Crippen LogP contribution in [-0.2, 0) is 11.3 Å². The van der Waals surface area contributed by atoms with E-state index in [-0.39, 0.29) is 36.2 Å². The minimum Gasteiger partial charge on any atom is -0.396 e. The van der Waals surface area contributed by atoms with Crippen molar-refractivity contribution < 1.29 is 14.3 Å². The maximum Gasteiger partial charge on any atom is 0.223 e. The molecule has 22 heavy (non-hydrogen) atoms. The number of piperidine rings is 1. The van der Waals surface area contributed by atoms with Gasteiger partial charge in [-0.3, -0.25) is 9.69 Å². The fourth-order valence-corrected chi connectivity index (χ4v) is 3.13. The van der Waals surface area contributed by atoms with Crippen LogP contribution in [0.25, 0.3) is 0 Å². The predicted molar refractivity (Wildman–Crippen MR) is 81.5 cm³/mol. The average Bonchev–Trinajstić information content (AvgIpc) is 3.32. The van der Waals surface area contributed by atoms with Crippen LogP contribution < -0.4 is 5.32 Å². The Labute approximate surface area is 130 Å². The van der Waals surface area contributed by atoms with Crippen molar-refractivity contribution in [2.75, 3.05) is 19.7 Å². The molecule has 1 aromatic rings. The number of carbonyl (C=O) groups is 1. The number of nitrogens with one attached hydrogen (secondary N) is 1. The number of amides is 1. The number of carbonyl (C=O) groups excluding carboxylic acids is 1. The summed E-state index contributed by atoms with van der Waals surface area (Å²) in [5, 5.41) is 12.6. The molecule has 0 aromatic heterocycles. The summed E-state index contributed by atoms with van der Waals surface area (Å²) in [5.74, 6) is 0.196. The quantitative estimate of drug-likeness (QED) is 0.867. The van der Waals surface area contributed by atoms with E-state index in [1.54, 1.807) is 12.1 Å². The molecule has 3 rings (SSSR count). The van der Waals surface area contributed by atoms with Gasteiger partial charge in [-0.25, -0.2) is 4.39 Å². The van der Waals surface area contributed by atoms with Gasteiger partial charge in [0, 0.05) is 37.6 Å². The zero-order valence-electron chi connectivity index (χ0n) is 12.7. The Balaban J connectivity index is 1.60. The Bertz CT molecular complexity index is 533. The molecule has 2 unspecified atom stereocenters. The molecule has 2 fully saturated rings. The minimum absolute atomic E-state index is 0.0135. The predicted octanol–water partition coefficient (Wildman–Crippen LogP) is 1.53. The molecule has 1 aliphatic heterocycles. The summed E-state index contributed by atoms with van der Waals surface area (Å²) < 4.78 is 13.3. The first-order valence-corrected chi connectivity index (χ1v) is 8.03. The standard InChI is InChI=1S/C17H23FN2O2/c18-15-3-1-2-12(8-15)9-20-7-6-14(11-21)16(10-20)19-17(22)13-4-5-13/h1-3,8,13-14,16,21H,4-7,9-11H2,(H,19,22). The van der Waals surface area contributed by atoms with Crippen molar-refractivity contribution in [3.05, 3.63) is 35.6 Å². The number of aliphatic hydroxyl groups excluding tert-OH is 1. The van der Waals surface area contributed by atoms with Crippen molar-refractivity contribution in [2.45, 2.75) is 31.8 Å². The molecule has 1 aliphatic carbocycles. The highest BCUT2D eigenvalue weighted by molar-refractivity contribution is 5.81. The molecular weight excluding hydrogens is 283 g/mol. The second kappa shape index (κ2) is 6.75. The second-order valence-electron chi connectivity index (χ2n) is 6.49. The normalized spacial score (nSPS) is 25.9. The van der Waals surface area contributed by atoms with Gasteiger partial charge in [0.1, 0.15) is 5.82 Å². The van der Waals surface area contributed by atoms with Crippen molar-refractivity contribution in [1.29, 1.82) is 0 Å². The van der Waals surface area contributed by atoms with Crippen LogP contribution in [-0.4, -0.2) is 41.7 Å². The van der Waals surface area contributed by atoms with E-state index < -0.39 is 0 Å². The average molecular weight is 306 g/mol. The second-order valence-corrected chi connectivity index (χ2v) is 6.49. The molecular formula is C17H23FN2O2. The molecule has 2 N–H and O–H groups in total. The zero-order valence-corrected chi connectivity index (χ0v) is 12.7. The monoisotopic (exact) mass is 306 g/mol. The van der Waals surface area contributed by atoms with Crippen LogP contribution in [0.1, 0.15) is 24.8 Å². The number of hydrogen-bond donors (Lipinski definition) is 2. The van der Waals surface area contributed by atoms with E-state index in [2.05, 4.69) is 10.2 Å². The zero-order chi connectivity index (χ0) is 15.5. The number of benzene rings is 1. The molecule has 1 saturated heterocycles. The van der Waals surface area contributed by atoms with Gasteiger partial charge in [-0.15, -0.1) is 0 Å². The SMILES string of the molecule is O=C(NC1CN(Cc2cccc(F)c2)CCC1CO)C1CC1. The lowest BCUT2D eigenvalue weighted by Crippen LogP contribution is -2.53. The van der Waals surface area contributed by atoms with E-state index in [1.807, 2.05) is 6.07 Å². The molecule has 1 saturated carbocycles. The highest BCUT2D eigenvalue weighted by Gasteiger charge is 2.35. The van der Waals surface area contributed by atoms with Crippen molar-refractivity contribution >= 4 is 5.91 Å². The number of halogens is 1. The van der Waals surface area contributed by atoms with Crippen LogP contribution in [0.4, 0.5) is 4.39 Å². The number of rotatable bonds is 5. The lowest BCUT2D eigenvalue weighted by atomic mass is 9.91. The first-order valence-electron chi connectivity index (χ1n) is 8.03. The first kappa shape index (κ1) is 15.4. The lowest BCUT2D eigenvalue weighted by Gasteiger charge is -2.38. The van der Waals surface area contributed by atoms with Gasteiger partial charge in [0.05, 0.1) is 0 Å². The summed E-state index contributed by atoms with van der Waals surface area (Å²) in [6.45, 7) is 2.34. The molecule has 0 bridgehead atoms. The van der Waals surface area contributed by atoms with Crippen LogP contribution in [0.15, 0.2) is 24.3 Å². The van der Waals surface area contributed by atoms with Gasteiger partial charge >= 0.3 is 0 Å². The highest BCUT2D eigenvalue weighted by Crippen LogP contribution is 2.30. The number of aliphatic hydroxyl groups is 1. The summed E-state index contributed by atoms with van der Waals surface area (Å²) in [4.78, 5) is 14.2. The Morgan fingerprint density at radius 3 is 2.86 bits per heavy atom. The molecule has 4 nitrogen and oxygen atoms in total. The van der Waals surface area contributed by atoms with Crippen LogP contribution in [0.2, 0.25) is 0 Å². The van der Waals surface area contributed by atoms with Crippen molar-refractivity contribution in [3.63, 3.8) is 0 Å². The van der Waals surface area contributed by atoms with Crippen molar-refractivity contribution in [1.82, 2.24) is 10.2 Å². The first-order chi connectivity index (χ1) is 10.7. The third-order valence-electron chi connectivity index (χ3n) is 4.65. The maximum absolute atomic E-state index is 13.3. The topological polar surface area (TPSA) is 52.6 Å². The lowest BCUT2D eigenvalue weighted by molar-refractivity contribution is -0.124. The van der Waals surface area contributed by atoms with E-state index in [4.69, 9.17) is 0 Å². The van der Waals surface area contributed by atoms with Gasteiger partial charge in [0.2, 0.25) is 5.91 Å². The van der Waals surface area contributed by atoms with Crippen LogP contribution in [0.5, 0.6) is 0 Å². The molecule has 2 atom stereocenters. The van der Waals surface area contributed by atoms with Gasteiger partial charge in [0.25, 0.3) is 0 Å². The van der Waals surface area contributed by atoms with E-state index in [0.29, 0.717) is 13.1 Å². The fourth-order valence-electron chi connectivity index (χ4n) is 3.13. The summed E-state index contributed by atoms with van der Waals surface area (Å²) in [7, 11) is 0. The van der Waals surface area contributed by atoms with E-state index >= 15 is 0 Å². The Kier molecular flexibility index (Phi) is 4.74. The van der Waals surface area contributed by atoms with Gasteiger partial charge in [-0.05, 0) is 43.5 Å². The Morgan fingerprint density at radius 2 is 2.18 bits per heavy atom. The van der Waals surface area contributed by atoms with Crippen molar-refractivity contribution in [2.24, 2.45) is 11.8 Å². The maximum atomic E-state index is 13.3. The molecule has 1 amide bonds. The highest BCUT2D eigenvalue weighted by atomic mass is 19.1. The number of hydrogen-bond acceptors (Lipinski definition) is 3.